The summed E-state index contributed by atoms with van der Waals surface area (Å²) in [4.78, 5) is 33.8. The number of ether oxygens (including phenoxy) is 1. The maximum atomic E-state index is 12.1. The lowest BCUT2D eigenvalue weighted by Crippen LogP contribution is -2.38. The first-order chi connectivity index (χ1) is 9.99. The van der Waals surface area contributed by atoms with Gasteiger partial charge in [0.05, 0.1) is 25.1 Å². The highest BCUT2D eigenvalue weighted by Crippen LogP contribution is 2.22. The van der Waals surface area contributed by atoms with Gasteiger partial charge in [0.1, 0.15) is 12.0 Å². The van der Waals surface area contributed by atoms with Crippen molar-refractivity contribution < 1.29 is 19.1 Å². The Bertz CT molecular complexity index is 534. The quantitative estimate of drug-likeness (QED) is 0.737. The van der Waals surface area contributed by atoms with Crippen molar-refractivity contribution in [3.8, 4) is 5.75 Å². The molecule has 0 radical (unpaired) electrons. The van der Waals surface area contributed by atoms with Crippen LogP contribution < -0.4 is 15.4 Å². The number of hydrogen-bond acceptors (Lipinski definition) is 4. The molecule has 1 unspecified atom stereocenters. The second-order valence-electron chi connectivity index (χ2n) is 4.37. The van der Waals surface area contributed by atoms with Gasteiger partial charge in [0.2, 0.25) is 5.91 Å². The SMILES string of the molecule is COc1ccc(Cl)cc1C(=O)NCC(C)C(=O)NCC=O. The fourth-order valence-electron chi connectivity index (χ4n) is 1.61. The molecule has 1 rings (SSSR count). The zero-order chi connectivity index (χ0) is 15.8. The zero-order valence-electron chi connectivity index (χ0n) is 11.8. The smallest absolute Gasteiger partial charge is 0.255 e. The molecule has 2 N–H and O–H groups in total. The average molecular weight is 313 g/mol. The van der Waals surface area contributed by atoms with E-state index in [1.807, 2.05) is 0 Å². The summed E-state index contributed by atoms with van der Waals surface area (Å²) >= 11 is 5.86. The molecule has 0 saturated carbocycles. The van der Waals surface area contributed by atoms with E-state index in [4.69, 9.17) is 16.3 Å². The van der Waals surface area contributed by atoms with Gasteiger partial charge >= 0.3 is 0 Å². The first kappa shape index (κ1) is 17.0. The molecule has 21 heavy (non-hydrogen) atoms. The maximum absolute atomic E-state index is 12.1. The number of benzene rings is 1. The van der Waals surface area contributed by atoms with Crippen molar-refractivity contribution in [1.29, 1.82) is 0 Å². The number of carbonyl (C=O) groups is 3. The van der Waals surface area contributed by atoms with Crippen LogP contribution in [0.5, 0.6) is 5.75 Å². The van der Waals surface area contributed by atoms with E-state index in [9.17, 15) is 14.4 Å². The van der Waals surface area contributed by atoms with Crippen LogP contribution in [0.1, 0.15) is 17.3 Å². The molecular formula is C14H17ClN2O4. The lowest BCUT2D eigenvalue weighted by atomic mass is 10.1. The highest BCUT2D eigenvalue weighted by molar-refractivity contribution is 6.31. The van der Waals surface area contributed by atoms with Crippen molar-refractivity contribution in [3.63, 3.8) is 0 Å². The van der Waals surface area contributed by atoms with E-state index < -0.39 is 5.92 Å². The van der Waals surface area contributed by atoms with Gasteiger partial charge < -0.3 is 20.2 Å². The number of hydrogen-bond donors (Lipinski definition) is 2. The van der Waals surface area contributed by atoms with Crippen LogP contribution in [0.3, 0.4) is 0 Å². The third-order valence-corrected chi connectivity index (χ3v) is 3.02. The van der Waals surface area contributed by atoms with E-state index >= 15 is 0 Å². The van der Waals surface area contributed by atoms with Gasteiger partial charge in [-0.25, -0.2) is 0 Å². The van der Waals surface area contributed by atoms with E-state index in [0.29, 0.717) is 22.6 Å². The molecule has 0 saturated heterocycles. The Morgan fingerprint density at radius 3 is 2.71 bits per heavy atom. The van der Waals surface area contributed by atoms with Gasteiger partial charge in [-0.3, -0.25) is 9.59 Å². The van der Waals surface area contributed by atoms with Crippen molar-refractivity contribution in [2.24, 2.45) is 5.92 Å². The van der Waals surface area contributed by atoms with Crippen LogP contribution in [0.25, 0.3) is 0 Å². The predicted molar refractivity (Wildman–Crippen MR) is 78.6 cm³/mol. The summed E-state index contributed by atoms with van der Waals surface area (Å²) in [5.74, 6) is -0.751. The molecule has 0 aliphatic heterocycles. The predicted octanol–water partition coefficient (Wildman–Crippen LogP) is 1.03. The molecule has 6 nitrogen and oxygen atoms in total. The highest BCUT2D eigenvalue weighted by Gasteiger charge is 2.16. The fourth-order valence-corrected chi connectivity index (χ4v) is 1.78. The van der Waals surface area contributed by atoms with Gasteiger partial charge in [-0.1, -0.05) is 18.5 Å². The highest BCUT2D eigenvalue weighted by atomic mass is 35.5. The third kappa shape index (κ3) is 5.07. The van der Waals surface area contributed by atoms with Gasteiger partial charge in [0.15, 0.2) is 0 Å². The van der Waals surface area contributed by atoms with E-state index in [-0.39, 0.29) is 24.9 Å². The normalized spacial score (nSPS) is 11.4. The summed E-state index contributed by atoms with van der Waals surface area (Å²) in [7, 11) is 1.45. The number of nitrogens with one attached hydrogen (secondary N) is 2. The molecular weight excluding hydrogens is 296 g/mol. The second kappa shape index (κ2) is 8.26. The molecule has 0 fully saturated rings. The molecule has 2 amide bonds. The summed E-state index contributed by atoms with van der Waals surface area (Å²) in [5, 5.41) is 5.47. The van der Waals surface area contributed by atoms with Crippen molar-refractivity contribution in [2.75, 3.05) is 20.2 Å². The van der Waals surface area contributed by atoms with Crippen molar-refractivity contribution in [2.45, 2.75) is 6.92 Å². The number of carbonyl (C=O) groups excluding carboxylic acids is 3. The molecule has 1 atom stereocenters. The zero-order valence-corrected chi connectivity index (χ0v) is 12.6. The number of amides is 2. The molecule has 1 aromatic rings. The molecule has 0 bridgehead atoms. The van der Waals surface area contributed by atoms with Crippen LogP contribution in [-0.4, -0.2) is 38.3 Å². The summed E-state index contributed by atoms with van der Waals surface area (Å²) in [5.41, 5.74) is 0.297. The largest absolute Gasteiger partial charge is 0.496 e. The Kier molecular flexibility index (Phi) is 6.68. The number of aldehydes is 1. The monoisotopic (exact) mass is 312 g/mol. The minimum atomic E-state index is -0.459. The second-order valence-corrected chi connectivity index (χ2v) is 4.80. The van der Waals surface area contributed by atoms with E-state index in [0.717, 1.165) is 0 Å². The first-order valence-electron chi connectivity index (χ1n) is 6.32. The van der Waals surface area contributed by atoms with E-state index in [1.165, 1.54) is 13.2 Å². The van der Waals surface area contributed by atoms with Crippen LogP contribution in [0.15, 0.2) is 18.2 Å². The minimum absolute atomic E-state index is 0.0424. The molecule has 114 valence electrons. The van der Waals surface area contributed by atoms with Crippen LogP contribution in [0.2, 0.25) is 5.02 Å². The van der Waals surface area contributed by atoms with Gasteiger partial charge in [0.25, 0.3) is 5.91 Å². The maximum Gasteiger partial charge on any atom is 0.255 e. The third-order valence-electron chi connectivity index (χ3n) is 2.78. The lowest BCUT2D eigenvalue weighted by Gasteiger charge is -2.13. The van der Waals surface area contributed by atoms with Gasteiger partial charge in [-0.2, -0.15) is 0 Å². The summed E-state index contributed by atoms with van der Waals surface area (Å²) in [6.07, 6.45) is 0.597. The van der Waals surface area contributed by atoms with Gasteiger partial charge in [-0.05, 0) is 18.2 Å². The number of halogens is 1. The topological polar surface area (TPSA) is 84.5 Å². The molecule has 0 aliphatic carbocycles. The van der Waals surface area contributed by atoms with Gasteiger partial charge in [0, 0.05) is 11.6 Å². The Balaban J connectivity index is 2.63. The molecule has 0 heterocycles. The molecule has 1 aromatic carbocycles. The molecule has 0 aliphatic rings. The Morgan fingerprint density at radius 2 is 2.10 bits per heavy atom. The molecule has 7 heteroatoms. The van der Waals surface area contributed by atoms with Gasteiger partial charge in [-0.15, -0.1) is 0 Å². The average Bonchev–Trinajstić information content (AvgIpc) is 2.49. The van der Waals surface area contributed by atoms with Crippen molar-refractivity contribution in [1.82, 2.24) is 10.6 Å². The minimum Gasteiger partial charge on any atom is -0.496 e. The number of rotatable bonds is 7. The standard InChI is InChI=1S/C14H17ClN2O4/c1-9(13(19)16-5-6-18)8-17-14(20)11-7-10(15)3-4-12(11)21-2/h3-4,6-7,9H,5,8H2,1-2H3,(H,16,19)(H,17,20). The Morgan fingerprint density at radius 1 is 1.38 bits per heavy atom. The Labute approximate surface area is 127 Å². The fraction of sp³-hybridized carbons (Fsp3) is 0.357. The van der Waals surface area contributed by atoms with E-state index in [2.05, 4.69) is 10.6 Å². The van der Waals surface area contributed by atoms with Crippen molar-refractivity contribution >= 4 is 29.7 Å². The summed E-state index contributed by atoms with van der Waals surface area (Å²) in [6, 6.07) is 4.71. The lowest BCUT2D eigenvalue weighted by molar-refractivity contribution is -0.125. The van der Waals surface area contributed by atoms with Crippen LogP contribution >= 0.6 is 11.6 Å². The number of methoxy groups -OCH3 is 1. The summed E-state index contributed by atoms with van der Waals surface area (Å²) in [6.45, 7) is 1.74. The summed E-state index contributed by atoms with van der Waals surface area (Å²) < 4.78 is 5.09. The van der Waals surface area contributed by atoms with Crippen LogP contribution in [0, 0.1) is 5.92 Å². The van der Waals surface area contributed by atoms with Crippen LogP contribution in [-0.2, 0) is 9.59 Å². The first-order valence-corrected chi connectivity index (χ1v) is 6.70. The van der Waals surface area contributed by atoms with Crippen molar-refractivity contribution in [3.05, 3.63) is 28.8 Å². The van der Waals surface area contributed by atoms with E-state index in [1.54, 1.807) is 19.1 Å². The van der Waals surface area contributed by atoms with Crippen LogP contribution in [0.4, 0.5) is 0 Å². The molecule has 0 aromatic heterocycles. The molecule has 0 spiro atoms. The Hall–Kier alpha value is -2.08.